The first-order valence-corrected chi connectivity index (χ1v) is 10.0. The van der Waals surface area contributed by atoms with Gasteiger partial charge < -0.3 is 19.9 Å². The molecule has 1 aromatic heterocycles. The minimum Gasteiger partial charge on any atom is -0.450 e. The highest BCUT2D eigenvalue weighted by Crippen LogP contribution is 2.19. The van der Waals surface area contributed by atoms with Crippen LogP contribution in [0.5, 0.6) is 0 Å². The Morgan fingerprint density at radius 1 is 1.11 bits per heavy atom. The van der Waals surface area contributed by atoms with Crippen molar-refractivity contribution in [3.63, 3.8) is 0 Å². The first-order chi connectivity index (χ1) is 13.1. The molecule has 0 unspecified atom stereocenters. The summed E-state index contributed by atoms with van der Waals surface area (Å²) in [6, 6.07) is 3.99. The van der Waals surface area contributed by atoms with Crippen molar-refractivity contribution < 1.29 is 14.3 Å². The van der Waals surface area contributed by atoms with E-state index >= 15 is 0 Å². The fourth-order valence-corrected chi connectivity index (χ4v) is 3.63. The molecule has 1 N–H and O–H groups in total. The number of hydrogen-bond donors (Lipinski definition) is 1. The van der Waals surface area contributed by atoms with E-state index in [1.54, 1.807) is 11.1 Å². The number of piperidine rings is 2. The van der Waals surface area contributed by atoms with E-state index in [4.69, 9.17) is 4.74 Å². The van der Waals surface area contributed by atoms with E-state index in [0.29, 0.717) is 31.2 Å². The zero-order valence-corrected chi connectivity index (χ0v) is 16.3. The SMILES string of the molecule is CCOC(=O)N1CCC(Nc2ccc(C(=O)N3CCC(C)CC3)cn2)CC1. The van der Waals surface area contributed by atoms with E-state index in [9.17, 15) is 9.59 Å². The Kier molecular flexibility index (Phi) is 6.53. The van der Waals surface area contributed by atoms with Crippen LogP contribution in [-0.4, -0.2) is 65.6 Å². The first-order valence-electron chi connectivity index (χ1n) is 10.0. The molecule has 0 saturated carbocycles. The van der Waals surface area contributed by atoms with Gasteiger partial charge in [-0.3, -0.25) is 4.79 Å². The number of likely N-dealkylation sites (tertiary alicyclic amines) is 2. The van der Waals surface area contributed by atoms with E-state index in [0.717, 1.165) is 44.6 Å². The normalized spacial score (nSPS) is 19.0. The maximum absolute atomic E-state index is 12.6. The van der Waals surface area contributed by atoms with E-state index in [-0.39, 0.29) is 18.0 Å². The lowest BCUT2D eigenvalue weighted by Gasteiger charge is -2.32. The molecular formula is C20H30N4O3. The Bertz CT molecular complexity index is 633. The number of ether oxygens (including phenoxy) is 1. The molecule has 1 aromatic rings. The molecular weight excluding hydrogens is 344 g/mol. The average Bonchev–Trinajstić information content (AvgIpc) is 2.69. The maximum atomic E-state index is 12.6. The van der Waals surface area contributed by atoms with E-state index < -0.39 is 0 Å². The number of hydrogen-bond acceptors (Lipinski definition) is 5. The largest absolute Gasteiger partial charge is 0.450 e. The third-order valence-electron chi connectivity index (χ3n) is 5.45. The molecule has 0 atom stereocenters. The van der Waals surface area contributed by atoms with Crippen LogP contribution in [0.4, 0.5) is 10.6 Å². The standard InChI is InChI=1S/C20H30N4O3/c1-3-27-20(26)24-12-8-17(9-13-24)22-18-5-4-16(14-21-18)19(25)23-10-6-15(2)7-11-23/h4-5,14-15,17H,3,6-13H2,1-2H3,(H,21,22). The van der Waals surface area contributed by atoms with Crippen LogP contribution in [0.1, 0.15) is 49.9 Å². The smallest absolute Gasteiger partial charge is 0.409 e. The van der Waals surface area contributed by atoms with Crippen LogP contribution in [-0.2, 0) is 4.74 Å². The summed E-state index contributed by atoms with van der Waals surface area (Å²) in [6.07, 6.45) is 5.28. The third kappa shape index (κ3) is 5.11. The Hall–Kier alpha value is -2.31. The highest BCUT2D eigenvalue weighted by atomic mass is 16.6. The number of nitrogens with one attached hydrogen (secondary N) is 1. The number of amides is 2. The van der Waals surface area contributed by atoms with Crippen LogP contribution in [0.25, 0.3) is 0 Å². The van der Waals surface area contributed by atoms with Crippen LogP contribution in [0.2, 0.25) is 0 Å². The average molecular weight is 374 g/mol. The van der Waals surface area contributed by atoms with Crippen molar-refractivity contribution in [3.05, 3.63) is 23.9 Å². The van der Waals surface area contributed by atoms with Gasteiger partial charge >= 0.3 is 6.09 Å². The van der Waals surface area contributed by atoms with Gasteiger partial charge in [-0.1, -0.05) is 6.92 Å². The number of aromatic nitrogens is 1. The highest BCUT2D eigenvalue weighted by molar-refractivity contribution is 5.94. The van der Waals surface area contributed by atoms with Crippen molar-refractivity contribution in [1.82, 2.24) is 14.8 Å². The topological polar surface area (TPSA) is 74.8 Å². The van der Waals surface area contributed by atoms with Crippen molar-refractivity contribution >= 4 is 17.8 Å². The summed E-state index contributed by atoms with van der Waals surface area (Å²) < 4.78 is 5.04. The molecule has 3 heterocycles. The molecule has 148 valence electrons. The molecule has 0 spiro atoms. The first kappa shape index (κ1) is 19.5. The fourth-order valence-electron chi connectivity index (χ4n) is 3.63. The van der Waals surface area contributed by atoms with Crippen LogP contribution in [0, 0.1) is 5.92 Å². The minimum atomic E-state index is -0.232. The Labute approximate surface area is 161 Å². The number of carbonyl (C=O) groups excluding carboxylic acids is 2. The van der Waals surface area contributed by atoms with Crippen LogP contribution < -0.4 is 5.32 Å². The minimum absolute atomic E-state index is 0.0729. The van der Waals surface area contributed by atoms with E-state index in [2.05, 4.69) is 17.2 Å². The summed E-state index contributed by atoms with van der Waals surface area (Å²) in [6.45, 7) is 7.49. The summed E-state index contributed by atoms with van der Waals surface area (Å²) >= 11 is 0. The molecule has 0 aliphatic carbocycles. The third-order valence-corrected chi connectivity index (χ3v) is 5.45. The van der Waals surface area contributed by atoms with Gasteiger partial charge in [-0.25, -0.2) is 9.78 Å². The number of carbonyl (C=O) groups is 2. The van der Waals surface area contributed by atoms with Crippen molar-refractivity contribution in [2.75, 3.05) is 38.1 Å². The van der Waals surface area contributed by atoms with Gasteiger partial charge in [0, 0.05) is 38.4 Å². The number of anilines is 1. The molecule has 2 amide bonds. The second kappa shape index (κ2) is 9.06. The van der Waals surface area contributed by atoms with Gasteiger partial charge in [0.25, 0.3) is 5.91 Å². The summed E-state index contributed by atoms with van der Waals surface area (Å²) in [5.41, 5.74) is 0.646. The number of nitrogens with zero attached hydrogens (tertiary/aromatic N) is 3. The van der Waals surface area contributed by atoms with Crippen molar-refractivity contribution in [2.45, 2.75) is 45.6 Å². The molecule has 7 nitrogen and oxygen atoms in total. The number of pyridine rings is 1. The van der Waals surface area contributed by atoms with Crippen LogP contribution in [0.15, 0.2) is 18.3 Å². The fraction of sp³-hybridized carbons (Fsp3) is 0.650. The molecule has 2 aliphatic rings. The van der Waals surface area contributed by atoms with Gasteiger partial charge in [0.1, 0.15) is 5.82 Å². The predicted octanol–water partition coefficient (Wildman–Crippen LogP) is 2.99. The number of rotatable bonds is 4. The molecule has 0 bridgehead atoms. The maximum Gasteiger partial charge on any atom is 0.409 e. The summed E-state index contributed by atoms with van der Waals surface area (Å²) in [7, 11) is 0. The predicted molar refractivity (Wildman–Crippen MR) is 104 cm³/mol. The van der Waals surface area contributed by atoms with Crippen LogP contribution >= 0.6 is 0 Å². The lowest BCUT2D eigenvalue weighted by Crippen LogP contribution is -2.42. The van der Waals surface area contributed by atoms with Crippen LogP contribution in [0.3, 0.4) is 0 Å². The lowest BCUT2D eigenvalue weighted by atomic mass is 9.99. The Morgan fingerprint density at radius 3 is 2.37 bits per heavy atom. The van der Waals surface area contributed by atoms with Gasteiger partial charge in [0.15, 0.2) is 0 Å². The summed E-state index contributed by atoms with van der Waals surface area (Å²) in [4.78, 5) is 32.4. The van der Waals surface area contributed by atoms with Gasteiger partial charge in [-0.15, -0.1) is 0 Å². The molecule has 7 heteroatoms. The van der Waals surface area contributed by atoms with Crippen molar-refractivity contribution in [2.24, 2.45) is 5.92 Å². The van der Waals surface area contributed by atoms with E-state index in [1.807, 2.05) is 24.0 Å². The second-order valence-corrected chi connectivity index (χ2v) is 7.51. The Morgan fingerprint density at radius 2 is 1.78 bits per heavy atom. The highest BCUT2D eigenvalue weighted by Gasteiger charge is 2.24. The monoisotopic (exact) mass is 374 g/mol. The quantitative estimate of drug-likeness (QED) is 0.877. The molecule has 3 rings (SSSR count). The molecule has 2 fully saturated rings. The van der Waals surface area contributed by atoms with Gasteiger partial charge in [-0.05, 0) is 50.7 Å². The second-order valence-electron chi connectivity index (χ2n) is 7.51. The Balaban J connectivity index is 1.48. The zero-order valence-electron chi connectivity index (χ0n) is 16.3. The van der Waals surface area contributed by atoms with Gasteiger partial charge in [0.2, 0.25) is 0 Å². The molecule has 0 aromatic carbocycles. The molecule has 2 aliphatic heterocycles. The summed E-state index contributed by atoms with van der Waals surface area (Å²) in [5.74, 6) is 1.55. The lowest BCUT2D eigenvalue weighted by molar-refractivity contribution is 0.0696. The van der Waals surface area contributed by atoms with Crippen molar-refractivity contribution in [1.29, 1.82) is 0 Å². The summed E-state index contributed by atoms with van der Waals surface area (Å²) in [5, 5.41) is 3.41. The zero-order chi connectivity index (χ0) is 19.2. The molecule has 27 heavy (non-hydrogen) atoms. The van der Waals surface area contributed by atoms with Gasteiger partial charge in [-0.2, -0.15) is 0 Å². The van der Waals surface area contributed by atoms with Crippen molar-refractivity contribution in [3.8, 4) is 0 Å². The molecule has 0 radical (unpaired) electrons. The molecule has 2 saturated heterocycles. The van der Waals surface area contributed by atoms with E-state index in [1.165, 1.54) is 0 Å². The van der Waals surface area contributed by atoms with Gasteiger partial charge in [0.05, 0.1) is 12.2 Å².